The molecule has 0 saturated carbocycles. The van der Waals surface area contributed by atoms with Gasteiger partial charge >= 0.3 is 0 Å². The van der Waals surface area contributed by atoms with Crippen molar-refractivity contribution in [3.05, 3.63) is 71.3 Å². The molecule has 1 saturated heterocycles. The molecule has 0 aliphatic carbocycles. The number of carbonyl (C=O) groups excluding carboxylic acids is 1. The van der Waals surface area contributed by atoms with Crippen molar-refractivity contribution >= 4 is 5.91 Å². The molecule has 0 bridgehead atoms. The summed E-state index contributed by atoms with van der Waals surface area (Å²) in [5.74, 6) is 0.890. The maximum absolute atomic E-state index is 12.5. The Kier molecular flexibility index (Phi) is 8.30. The Morgan fingerprint density at radius 1 is 1.07 bits per heavy atom. The van der Waals surface area contributed by atoms with Gasteiger partial charge in [0.15, 0.2) is 0 Å². The van der Waals surface area contributed by atoms with Crippen molar-refractivity contribution in [2.24, 2.45) is 5.92 Å². The van der Waals surface area contributed by atoms with Crippen LogP contribution in [0.4, 0.5) is 0 Å². The van der Waals surface area contributed by atoms with E-state index in [-0.39, 0.29) is 5.91 Å². The molecular weight excluding hydrogens is 356 g/mol. The van der Waals surface area contributed by atoms with E-state index in [9.17, 15) is 4.79 Å². The van der Waals surface area contributed by atoms with E-state index in [1.165, 1.54) is 36.1 Å². The Morgan fingerprint density at radius 3 is 2.62 bits per heavy atom. The summed E-state index contributed by atoms with van der Waals surface area (Å²) in [7, 11) is 1.98. The van der Waals surface area contributed by atoms with Crippen LogP contribution in [0.1, 0.15) is 42.4 Å². The summed E-state index contributed by atoms with van der Waals surface area (Å²) in [6, 6.07) is 19.2. The summed E-state index contributed by atoms with van der Waals surface area (Å²) in [6.45, 7) is 6.53. The maximum Gasteiger partial charge on any atom is 0.222 e. The predicted molar refractivity (Wildman–Crippen MR) is 121 cm³/mol. The molecule has 2 aromatic carbocycles. The zero-order valence-corrected chi connectivity index (χ0v) is 18.1. The maximum atomic E-state index is 12.5. The van der Waals surface area contributed by atoms with Crippen LogP contribution in [0, 0.1) is 12.8 Å². The van der Waals surface area contributed by atoms with Gasteiger partial charge in [-0.25, -0.2) is 0 Å². The van der Waals surface area contributed by atoms with Crippen LogP contribution in [-0.4, -0.2) is 48.9 Å². The van der Waals surface area contributed by atoms with E-state index in [1.54, 1.807) is 0 Å². The number of benzene rings is 2. The highest BCUT2D eigenvalue weighted by Gasteiger charge is 2.22. The van der Waals surface area contributed by atoms with Gasteiger partial charge < -0.3 is 9.80 Å². The molecule has 1 atom stereocenters. The highest BCUT2D eigenvalue weighted by molar-refractivity contribution is 5.75. The zero-order chi connectivity index (χ0) is 20.5. The van der Waals surface area contributed by atoms with Gasteiger partial charge in [-0.1, -0.05) is 54.6 Å². The Balaban J connectivity index is 1.38. The smallest absolute Gasteiger partial charge is 0.222 e. The van der Waals surface area contributed by atoms with Gasteiger partial charge in [-0.3, -0.25) is 4.79 Å². The van der Waals surface area contributed by atoms with Gasteiger partial charge in [-0.05, 0) is 68.2 Å². The van der Waals surface area contributed by atoms with Gasteiger partial charge in [-0.2, -0.15) is 0 Å². The van der Waals surface area contributed by atoms with Gasteiger partial charge in [0.1, 0.15) is 0 Å². The summed E-state index contributed by atoms with van der Waals surface area (Å²) >= 11 is 0. The lowest BCUT2D eigenvalue weighted by Crippen LogP contribution is -2.42. The molecule has 1 aliphatic rings. The fraction of sp³-hybridized carbons (Fsp3) is 0.500. The van der Waals surface area contributed by atoms with Crippen LogP contribution in [-0.2, 0) is 17.6 Å². The van der Waals surface area contributed by atoms with Crippen molar-refractivity contribution in [1.82, 2.24) is 9.80 Å². The van der Waals surface area contributed by atoms with Crippen LogP contribution in [0.25, 0.3) is 0 Å². The van der Waals surface area contributed by atoms with Crippen LogP contribution in [0.5, 0.6) is 0 Å². The minimum atomic E-state index is 0.290. The van der Waals surface area contributed by atoms with Gasteiger partial charge in [0.25, 0.3) is 0 Å². The summed E-state index contributed by atoms with van der Waals surface area (Å²) in [4.78, 5) is 17.1. The second-order valence-corrected chi connectivity index (χ2v) is 8.60. The molecule has 0 N–H and O–H groups in total. The number of carbonyl (C=O) groups is 1. The third-order valence-corrected chi connectivity index (χ3v) is 6.22. The fourth-order valence-electron chi connectivity index (χ4n) is 4.44. The SMILES string of the molecule is Cc1ccccc1CCN1CCC[C@H](CN(C)C(=O)CCCc2ccccc2)C1. The van der Waals surface area contributed by atoms with E-state index in [0.29, 0.717) is 12.3 Å². The van der Waals surface area contributed by atoms with Crippen molar-refractivity contribution in [3.63, 3.8) is 0 Å². The predicted octanol–water partition coefficient (Wildman–Crippen LogP) is 4.73. The standard InChI is InChI=1S/C26H36N2O/c1-22-10-6-7-15-25(22)17-19-28-18-9-14-24(21-28)20-27(2)26(29)16-8-13-23-11-4-3-5-12-23/h3-7,10-12,15,24H,8-9,13-14,16-21H2,1-2H3/t24-/m1/s1. The minimum absolute atomic E-state index is 0.290. The molecule has 0 radical (unpaired) electrons. The average Bonchev–Trinajstić information content (AvgIpc) is 2.74. The molecule has 29 heavy (non-hydrogen) atoms. The lowest BCUT2D eigenvalue weighted by atomic mass is 9.96. The van der Waals surface area contributed by atoms with Gasteiger partial charge in [-0.15, -0.1) is 0 Å². The molecule has 1 aliphatic heterocycles. The topological polar surface area (TPSA) is 23.6 Å². The van der Waals surface area contributed by atoms with Gasteiger partial charge in [0, 0.05) is 33.1 Å². The van der Waals surface area contributed by atoms with E-state index in [2.05, 4.69) is 60.4 Å². The molecule has 2 aromatic rings. The first-order chi connectivity index (χ1) is 14.1. The van der Waals surface area contributed by atoms with Gasteiger partial charge in [0.05, 0.1) is 0 Å². The summed E-state index contributed by atoms with van der Waals surface area (Å²) in [5, 5.41) is 0. The lowest BCUT2D eigenvalue weighted by molar-refractivity contribution is -0.130. The summed E-state index contributed by atoms with van der Waals surface area (Å²) in [5.41, 5.74) is 4.17. The highest BCUT2D eigenvalue weighted by atomic mass is 16.2. The average molecular weight is 393 g/mol. The molecule has 1 heterocycles. The second-order valence-electron chi connectivity index (χ2n) is 8.60. The van der Waals surface area contributed by atoms with Crippen molar-refractivity contribution in [2.75, 3.05) is 33.2 Å². The molecular formula is C26H36N2O. The minimum Gasteiger partial charge on any atom is -0.345 e. The molecule has 156 valence electrons. The first-order valence-corrected chi connectivity index (χ1v) is 11.2. The van der Waals surface area contributed by atoms with Crippen LogP contribution in [0.3, 0.4) is 0 Å². The number of hydrogen-bond acceptors (Lipinski definition) is 2. The molecule has 0 spiro atoms. The number of aryl methyl sites for hydroxylation is 2. The Bertz CT molecular complexity index is 758. The normalized spacial score (nSPS) is 17.2. The number of rotatable bonds is 9. The fourth-order valence-corrected chi connectivity index (χ4v) is 4.44. The Hall–Kier alpha value is -2.13. The molecule has 3 nitrogen and oxygen atoms in total. The second kappa shape index (κ2) is 11.2. The van der Waals surface area contributed by atoms with Gasteiger partial charge in [0.2, 0.25) is 5.91 Å². The monoisotopic (exact) mass is 392 g/mol. The van der Waals surface area contributed by atoms with Crippen molar-refractivity contribution < 1.29 is 4.79 Å². The van der Waals surface area contributed by atoms with E-state index in [4.69, 9.17) is 0 Å². The van der Waals surface area contributed by atoms with E-state index in [1.807, 2.05) is 18.0 Å². The number of likely N-dealkylation sites (tertiary alicyclic amines) is 1. The van der Waals surface area contributed by atoms with Crippen LogP contribution < -0.4 is 0 Å². The van der Waals surface area contributed by atoms with Crippen LogP contribution >= 0.6 is 0 Å². The molecule has 0 unspecified atom stereocenters. The van der Waals surface area contributed by atoms with E-state index in [0.717, 1.165) is 38.9 Å². The Labute approximate surface area is 176 Å². The summed E-state index contributed by atoms with van der Waals surface area (Å²) < 4.78 is 0. The van der Waals surface area contributed by atoms with Crippen LogP contribution in [0.15, 0.2) is 54.6 Å². The number of piperidine rings is 1. The lowest BCUT2D eigenvalue weighted by Gasteiger charge is -2.35. The molecule has 3 rings (SSSR count). The van der Waals surface area contributed by atoms with Crippen molar-refractivity contribution in [3.8, 4) is 0 Å². The quantitative estimate of drug-likeness (QED) is 0.616. The number of hydrogen-bond donors (Lipinski definition) is 0. The highest BCUT2D eigenvalue weighted by Crippen LogP contribution is 2.19. The molecule has 1 amide bonds. The van der Waals surface area contributed by atoms with E-state index < -0.39 is 0 Å². The summed E-state index contributed by atoms with van der Waals surface area (Å²) in [6.07, 6.45) is 6.16. The third kappa shape index (κ3) is 7.01. The Morgan fingerprint density at radius 2 is 1.83 bits per heavy atom. The first-order valence-electron chi connectivity index (χ1n) is 11.2. The zero-order valence-electron chi connectivity index (χ0n) is 18.1. The third-order valence-electron chi connectivity index (χ3n) is 6.22. The molecule has 1 fully saturated rings. The van der Waals surface area contributed by atoms with Crippen LogP contribution in [0.2, 0.25) is 0 Å². The number of amides is 1. The van der Waals surface area contributed by atoms with Crippen molar-refractivity contribution in [1.29, 1.82) is 0 Å². The molecule has 0 aromatic heterocycles. The number of nitrogens with zero attached hydrogens (tertiary/aromatic N) is 2. The largest absolute Gasteiger partial charge is 0.345 e. The first kappa shape index (κ1) is 21.6. The molecule has 3 heteroatoms. The van der Waals surface area contributed by atoms with E-state index >= 15 is 0 Å². The van der Waals surface area contributed by atoms with Crippen molar-refractivity contribution in [2.45, 2.75) is 45.4 Å².